The van der Waals surface area contributed by atoms with Crippen LogP contribution in [0.5, 0.6) is 0 Å². The Morgan fingerprint density at radius 3 is 3.06 bits per heavy atom. The van der Waals surface area contributed by atoms with E-state index in [0.29, 0.717) is 5.82 Å². The molecule has 0 unspecified atom stereocenters. The highest BCUT2D eigenvalue weighted by atomic mass is 32.2. The first-order valence-electron chi connectivity index (χ1n) is 6.00. The van der Waals surface area contributed by atoms with Crippen LogP contribution < -0.4 is 16.2 Å². The van der Waals surface area contributed by atoms with Crippen LogP contribution in [0, 0.1) is 0 Å². The molecule has 1 aromatic rings. The fraction of sp³-hybridized carbons (Fsp3) is 0.636. The Hall–Kier alpha value is -1.01. The van der Waals surface area contributed by atoms with Crippen molar-refractivity contribution >= 4 is 23.4 Å². The van der Waals surface area contributed by atoms with Gasteiger partial charge in [0.15, 0.2) is 0 Å². The largest absolute Gasteiger partial charge is 0.356 e. The molecule has 3 N–H and O–H groups in total. The van der Waals surface area contributed by atoms with Crippen molar-refractivity contribution in [3.63, 3.8) is 0 Å². The smallest absolute Gasteiger partial charge is 0.145 e. The molecule has 17 heavy (non-hydrogen) atoms. The van der Waals surface area contributed by atoms with Gasteiger partial charge in [0.2, 0.25) is 0 Å². The maximum absolute atomic E-state index is 5.44. The molecule has 0 saturated carbocycles. The lowest BCUT2D eigenvalue weighted by atomic mass is 10.3. The first kappa shape index (κ1) is 12.4. The number of nitrogens with one attached hydrogen (secondary N) is 1. The molecule has 1 aromatic heterocycles. The van der Waals surface area contributed by atoms with Crippen molar-refractivity contribution in [2.24, 2.45) is 5.84 Å². The van der Waals surface area contributed by atoms with Gasteiger partial charge in [0, 0.05) is 31.3 Å². The molecule has 94 valence electrons. The van der Waals surface area contributed by atoms with Gasteiger partial charge < -0.3 is 10.3 Å². The monoisotopic (exact) mass is 253 g/mol. The number of hydrazine groups is 1. The summed E-state index contributed by atoms with van der Waals surface area (Å²) in [5.74, 6) is 10.4. The van der Waals surface area contributed by atoms with E-state index < -0.39 is 0 Å². The van der Waals surface area contributed by atoms with Crippen molar-refractivity contribution in [1.29, 1.82) is 0 Å². The van der Waals surface area contributed by atoms with Crippen LogP contribution in [-0.4, -0.2) is 34.6 Å². The number of nitrogens with zero attached hydrogens (tertiary/aromatic N) is 3. The first-order chi connectivity index (χ1) is 8.33. The minimum atomic E-state index is 0.698. The Kier molecular flexibility index (Phi) is 4.44. The van der Waals surface area contributed by atoms with Crippen molar-refractivity contribution in [3.05, 3.63) is 11.9 Å². The van der Waals surface area contributed by atoms with Crippen LogP contribution >= 0.6 is 11.8 Å². The van der Waals surface area contributed by atoms with Crippen molar-refractivity contribution in [1.82, 2.24) is 9.97 Å². The van der Waals surface area contributed by atoms with E-state index in [9.17, 15) is 0 Å². The van der Waals surface area contributed by atoms with Crippen LogP contribution in [0.4, 0.5) is 11.6 Å². The number of hydrogen-bond acceptors (Lipinski definition) is 6. The topological polar surface area (TPSA) is 67.1 Å². The van der Waals surface area contributed by atoms with Gasteiger partial charge in [0.1, 0.15) is 17.5 Å². The quantitative estimate of drug-likeness (QED) is 0.624. The summed E-state index contributed by atoms with van der Waals surface area (Å²) in [6.07, 6.45) is 2.03. The van der Waals surface area contributed by atoms with E-state index in [1.54, 1.807) is 0 Å². The molecule has 2 heterocycles. The van der Waals surface area contributed by atoms with Gasteiger partial charge in [0.25, 0.3) is 0 Å². The van der Waals surface area contributed by atoms with Crippen molar-refractivity contribution in [3.8, 4) is 0 Å². The summed E-state index contributed by atoms with van der Waals surface area (Å²) < 4.78 is 0. The average Bonchev–Trinajstić information content (AvgIpc) is 2.67. The van der Waals surface area contributed by atoms with Crippen LogP contribution in [0.3, 0.4) is 0 Å². The molecule has 0 aliphatic carbocycles. The summed E-state index contributed by atoms with van der Waals surface area (Å²) >= 11 is 2.01. The minimum absolute atomic E-state index is 0.698. The summed E-state index contributed by atoms with van der Waals surface area (Å²) in [5.41, 5.74) is 2.61. The SMILES string of the molecule is CCc1nc(NN)cc(N2CCCSCC2)n1. The molecular weight excluding hydrogens is 234 g/mol. The number of thioether (sulfide) groups is 1. The number of nitrogens with two attached hydrogens (primary N) is 1. The Labute approximate surface area is 106 Å². The number of hydrogen-bond donors (Lipinski definition) is 2. The molecule has 2 rings (SSSR count). The van der Waals surface area contributed by atoms with E-state index in [1.165, 1.54) is 12.2 Å². The van der Waals surface area contributed by atoms with E-state index in [0.717, 1.165) is 36.9 Å². The number of aryl methyl sites for hydroxylation is 1. The molecule has 0 atom stereocenters. The highest BCUT2D eigenvalue weighted by Crippen LogP contribution is 2.19. The standard InChI is InChI=1S/C11H19N5S/c1-2-9-13-10(15-12)8-11(14-9)16-4-3-6-17-7-5-16/h8H,2-7,12H2,1H3,(H,13,14,15). The second-order valence-corrected chi connectivity index (χ2v) is 5.20. The van der Waals surface area contributed by atoms with Gasteiger partial charge in [-0.3, -0.25) is 0 Å². The van der Waals surface area contributed by atoms with Gasteiger partial charge in [-0.05, 0) is 12.2 Å². The number of anilines is 2. The Morgan fingerprint density at radius 2 is 2.29 bits per heavy atom. The number of rotatable bonds is 3. The summed E-state index contributed by atoms with van der Waals surface area (Å²) in [6.45, 7) is 4.17. The van der Waals surface area contributed by atoms with Crippen LogP contribution in [-0.2, 0) is 6.42 Å². The molecule has 0 amide bonds. The third-order valence-electron chi connectivity index (χ3n) is 2.77. The molecule has 0 aromatic carbocycles. The lowest BCUT2D eigenvalue weighted by Gasteiger charge is -2.21. The minimum Gasteiger partial charge on any atom is -0.356 e. The fourth-order valence-corrected chi connectivity index (χ4v) is 2.74. The molecule has 1 fully saturated rings. The predicted octanol–water partition coefficient (Wildman–Crippen LogP) is 1.27. The molecule has 1 saturated heterocycles. The lowest BCUT2D eigenvalue weighted by Crippen LogP contribution is -2.27. The maximum atomic E-state index is 5.44. The zero-order chi connectivity index (χ0) is 12.1. The molecule has 0 spiro atoms. The van der Waals surface area contributed by atoms with Gasteiger partial charge in [0.05, 0.1) is 0 Å². The van der Waals surface area contributed by atoms with E-state index in [1.807, 2.05) is 17.8 Å². The third kappa shape index (κ3) is 3.23. The zero-order valence-corrected chi connectivity index (χ0v) is 11.0. The van der Waals surface area contributed by atoms with Crippen LogP contribution in [0.15, 0.2) is 6.07 Å². The van der Waals surface area contributed by atoms with E-state index >= 15 is 0 Å². The normalized spacial score (nSPS) is 16.7. The molecule has 1 aliphatic heterocycles. The van der Waals surface area contributed by atoms with Crippen molar-refractivity contribution in [2.75, 3.05) is 34.9 Å². The number of nitrogen functional groups attached to an aromatic ring is 1. The second kappa shape index (κ2) is 6.07. The second-order valence-electron chi connectivity index (χ2n) is 3.98. The van der Waals surface area contributed by atoms with Crippen LogP contribution in [0.25, 0.3) is 0 Å². The van der Waals surface area contributed by atoms with Gasteiger partial charge in [-0.2, -0.15) is 11.8 Å². The Balaban J connectivity index is 2.22. The highest BCUT2D eigenvalue weighted by molar-refractivity contribution is 7.99. The molecule has 1 aliphatic rings. The predicted molar refractivity (Wildman–Crippen MR) is 73.4 cm³/mol. The van der Waals surface area contributed by atoms with Crippen molar-refractivity contribution in [2.45, 2.75) is 19.8 Å². The molecule has 5 nitrogen and oxygen atoms in total. The fourth-order valence-electron chi connectivity index (χ4n) is 1.85. The van der Waals surface area contributed by atoms with E-state index in [2.05, 4.69) is 27.2 Å². The lowest BCUT2D eigenvalue weighted by molar-refractivity contribution is 0.788. The van der Waals surface area contributed by atoms with E-state index in [4.69, 9.17) is 5.84 Å². The maximum Gasteiger partial charge on any atom is 0.145 e. The molecule has 0 bridgehead atoms. The molecule has 6 heteroatoms. The summed E-state index contributed by atoms with van der Waals surface area (Å²) in [6, 6.07) is 1.93. The Bertz CT molecular complexity index is 341. The third-order valence-corrected chi connectivity index (χ3v) is 3.82. The van der Waals surface area contributed by atoms with Crippen LogP contribution in [0.2, 0.25) is 0 Å². The van der Waals surface area contributed by atoms with Crippen molar-refractivity contribution < 1.29 is 0 Å². The van der Waals surface area contributed by atoms with Gasteiger partial charge in [-0.15, -0.1) is 0 Å². The van der Waals surface area contributed by atoms with Gasteiger partial charge in [-0.1, -0.05) is 6.92 Å². The van der Waals surface area contributed by atoms with Gasteiger partial charge in [-0.25, -0.2) is 15.8 Å². The molecular formula is C11H19N5S. The zero-order valence-electron chi connectivity index (χ0n) is 10.1. The van der Waals surface area contributed by atoms with E-state index in [-0.39, 0.29) is 0 Å². The summed E-state index contributed by atoms with van der Waals surface area (Å²) in [5, 5.41) is 0. The summed E-state index contributed by atoms with van der Waals surface area (Å²) in [7, 11) is 0. The highest BCUT2D eigenvalue weighted by Gasteiger charge is 2.13. The first-order valence-corrected chi connectivity index (χ1v) is 7.16. The Morgan fingerprint density at radius 1 is 1.41 bits per heavy atom. The van der Waals surface area contributed by atoms with Crippen LogP contribution in [0.1, 0.15) is 19.2 Å². The van der Waals surface area contributed by atoms with Gasteiger partial charge >= 0.3 is 0 Å². The molecule has 0 radical (unpaired) electrons. The summed E-state index contributed by atoms with van der Waals surface area (Å²) in [4.78, 5) is 11.2. The average molecular weight is 253 g/mol. The number of aromatic nitrogens is 2.